The maximum Gasteiger partial charge on any atom is 0.339 e. The standard InChI is InChI=1S/C17H16ClNO4/c1-23-17(22)13-9-15(19-7-3-2-4-14(13)19)12-8-10(18)5-6-11(12)16(20)21/h5-6,8-9H,2-4,7H2,1H3,(H,20,21). The zero-order valence-corrected chi connectivity index (χ0v) is 13.4. The average Bonchev–Trinajstić information content (AvgIpc) is 2.93. The molecule has 0 saturated heterocycles. The molecule has 23 heavy (non-hydrogen) atoms. The Labute approximate surface area is 138 Å². The van der Waals surface area contributed by atoms with Crippen LogP contribution >= 0.6 is 11.6 Å². The molecule has 1 aromatic heterocycles. The first-order valence-electron chi connectivity index (χ1n) is 7.37. The summed E-state index contributed by atoms with van der Waals surface area (Å²) in [5.41, 5.74) is 2.77. The van der Waals surface area contributed by atoms with Crippen molar-refractivity contribution in [2.45, 2.75) is 25.8 Å². The average molecular weight is 334 g/mol. The van der Waals surface area contributed by atoms with E-state index in [0.717, 1.165) is 31.5 Å². The molecule has 0 radical (unpaired) electrons. The van der Waals surface area contributed by atoms with Crippen molar-refractivity contribution in [1.82, 2.24) is 4.57 Å². The molecule has 1 aliphatic rings. The van der Waals surface area contributed by atoms with Crippen LogP contribution in [0.2, 0.25) is 5.02 Å². The maximum absolute atomic E-state index is 12.0. The second-order valence-electron chi connectivity index (χ2n) is 5.49. The highest BCUT2D eigenvalue weighted by atomic mass is 35.5. The number of ether oxygens (including phenoxy) is 1. The van der Waals surface area contributed by atoms with E-state index < -0.39 is 11.9 Å². The van der Waals surface area contributed by atoms with Crippen LogP contribution in [0.1, 0.15) is 39.3 Å². The minimum atomic E-state index is -1.03. The topological polar surface area (TPSA) is 68.5 Å². The molecule has 6 heteroatoms. The fourth-order valence-electron chi connectivity index (χ4n) is 3.10. The third-order valence-electron chi connectivity index (χ3n) is 4.15. The van der Waals surface area contributed by atoms with Gasteiger partial charge in [-0.25, -0.2) is 9.59 Å². The van der Waals surface area contributed by atoms with Crippen LogP contribution in [0.15, 0.2) is 24.3 Å². The van der Waals surface area contributed by atoms with Gasteiger partial charge in [-0.2, -0.15) is 0 Å². The Hall–Kier alpha value is -2.27. The summed E-state index contributed by atoms with van der Waals surface area (Å²) >= 11 is 6.06. The summed E-state index contributed by atoms with van der Waals surface area (Å²) in [6.45, 7) is 0.743. The van der Waals surface area contributed by atoms with E-state index in [-0.39, 0.29) is 5.56 Å². The second kappa shape index (κ2) is 6.08. The Morgan fingerprint density at radius 3 is 2.70 bits per heavy atom. The van der Waals surface area contributed by atoms with Crippen LogP contribution < -0.4 is 0 Å². The molecule has 1 N–H and O–H groups in total. The van der Waals surface area contributed by atoms with E-state index in [0.29, 0.717) is 21.8 Å². The molecule has 0 aliphatic carbocycles. The number of hydrogen-bond acceptors (Lipinski definition) is 3. The number of nitrogens with zero attached hydrogens (tertiary/aromatic N) is 1. The van der Waals surface area contributed by atoms with Gasteiger partial charge in [0.05, 0.1) is 23.9 Å². The van der Waals surface area contributed by atoms with Crippen molar-refractivity contribution >= 4 is 23.5 Å². The van der Waals surface area contributed by atoms with E-state index in [2.05, 4.69) is 0 Å². The third kappa shape index (κ3) is 2.72. The van der Waals surface area contributed by atoms with E-state index in [1.165, 1.54) is 13.2 Å². The van der Waals surface area contributed by atoms with Crippen molar-refractivity contribution in [2.75, 3.05) is 7.11 Å². The van der Waals surface area contributed by atoms with Crippen LogP contribution in [0.3, 0.4) is 0 Å². The summed E-state index contributed by atoms with van der Waals surface area (Å²) in [5.74, 6) is -1.43. The molecule has 5 nitrogen and oxygen atoms in total. The molecule has 2 heterocycles. The lowest BCUT2D eigenvalue weighted by Gasteiger charge is -2.19. The van der Waals surface area contributed by atoms with Crippen molar-refractivity contribution in [3.63, 3.8) is 0 Å². The fraction of sp³-hybridized carbons (Fsp3) is 0.294. The van der Waals surface area contributed by atoms with Gasteiger partial charge in [0, 0.05) is 22.8 Å². The van der Waals surface area contributed by atoms with Crippen molar-refractivity contribution in [1.29, 1.82) is 0 Å². The van der Waals surface area contributed by atoms with E-state index in [9.17, 15) is 14.7 Å². The summed E-state index contributed by atoms with van der Waals surface area (Å²) in [4.78, 5) is 23.6. The van der Waals surface area contributed by atoms with Crippen LogP contribution in [0.5, 0.6) is 0 Å². The number of hydrogen-bond donors (Lipinski definition) is 1. The number of aromatic carboxylic acids is 1. The van der Waals surface area contributed by atoms with Crippen molar-refractivity contribution < 1.29 is 19.4 Å². The number of methoxy groups -OCH3 is 1. The number of esters is 1. The summed E-state index contributed by atoms with van der Waals surface area (Å²) in [7, 11) is 1.34. The minimum absolute atomic E-state index is 0.164. The van der Waals surface area contributed by atoms with Gasteiger partial charge >= 0.3 is 11.9 Å². The Morgan fingerprint density at radius 2 is 2.00 bits per heavy atom. The summed E-state index contributed by atoms with van der Waals surface area (Å²) in [6, 6.07) is 6.38. The number of fused-ring (bicyclic) bond motifs is 1. The number of aromatic nitrogens is 1. The summed E-state index contributed by atoms with van der Waals surface area (Å²) in [6.07, 6.45) is 2.75. The van der Waals surface area contributed by atoms with Gasteiger partial charge in [0.15, 0.2) is 0 Å². The lowest BCUT2D eigenvalue weighted by atomic mass is 10.0. The van der Waals surface area contributed by atoms with Gasteiger partial charge in [0.2, 0.25) is 0 Å². The van der Waals surface area contributed by atoms with Gasteiger partial charge in [0.25, 0.3) is 0 Å². The maximum atomic E-state index is 12.0. The number of carboxylic acids is 1. The second-order valence-corrected chi connectivity index (χ2v) is 5.92. The quantitative estimate of drug-likeness (QED) is 0.871. The van der Waals surface area contributed by atoms with Crippen molar-refractivity contribution in [3.05, 3.63) is 46.1 Å². The van der Waals surface area contributed by atoms with Gasteiger partial charge in [-0.15, -0.1) is 0 Å². The Kier molecular flexibility index (Phi) is 4.13. The molecule has 120 valence electrons. The Balaban J connectivity index is 2.25. The number of rotatable bonds is 3. The number of benzene rings is 1. The number of carboxylic acid groups (broad SMARTS) is 1. The van der Waals surface area contributed by atoms with E-state index in [4.69, 9.17) is 16.3 Å². The smallest absolute Gasteiger partial charge is 0.339 e. The normalized spacial score (nSPS) is 13.5. The minimum Gasteiger partial charge on any atom is -0.478 e. The number of halogens is 1. The molecular formula is C17H16ClNO4. The molecule has 0 fully saturated rings. The lowest BCUT2D eigenvalue weighted by Crippen LogP contribution is -2.14. The number of carbonyl (C=O) groups excluding carboxylic acids is 1. The van der Waals surface area contributed by atoms with E-state index >= 15 is 0 Å². The van der Waals surface area contributed by atoms with Gasteiger partial charge in [0.1, 0.15) is 0 Å². The molecule has 1 aromatic carbocycles. The Bertz CT molecular complexity index is 794. The zero-order valence-electron chi connectivity index (χ0n) is 12.6. The van der Waals surface area contributed by atoms with Crippen LogP contribution in [0.4, 0.5) is 0 Å². The lowest BCUT2D eigenvalue weighted by molar-refractivity contribution is 0.0598. The highest BCUT2D eigenvalue weighted by Crippen LogP contribution is 2.34. The predicted molar refractivity (Wildman–Crippen MR) is 86.1 cm³/mol. The molecule has 0 amide bonds. The molecule has 0 saturated carbocycles. The van der Waals surface area contributed by atoms with Crippen LogP contribution in [0, 0.1) is 0 Å². The largest absolute Gasteiger partial charge is 0.478 e. The molecule has 0 spiro atoms. The third-order valence-corrected chi connectivity index (χ3v) is 4.38. The molecule has 2 aromatic rings. The Morgan fingerprint density at radius 1 is 1.22 bits per heavy atom. The monoisotopic (exact) mass is 333 g/mol. The predicted octanol–water partition coefficient (Wildman–Crippen LogP) is 3.63. The first kappa shape index (κ1) is 15.6. The molecular weight excluding hydrogens is 318 g/mol. The van der Waals surface area contributed by atoms with Crippen molar-refractivity contribution in [3.8, 4) is 11.3 Å². The summed E-state index contributed by atoms with van der Waals surface area (Å²) in [5, 5.41) is 9.89. The van der Waals surface area contributed by atoms with Crippen LogP contribution in [-0.4, -0.2) is 28.7 Å². The molecule has 3 rings (SSSR count). The van der Waals surface area contributed by atoms with Gasteiger partial charge in [-0.3, -0.25) is 0 Å². The van der Waals surface area contributed by atoms with Gasteiger partial charge < -0.3 is 14.4 Å². The van der Waals surface area contributed by atoms with Gasteiger partial charge in [-0.1, -0.05) is 11.6 Å². The van der Waals surface area contributed by atoms with E-state index in [1.54, 1.807) is 18.2 Å². The molecule has 1 aliphatic heterocycles. The van der Waals surface area contributed by atoms with Crippen molar-refractivity contribution in [2.24, 2.45) is 0 Å². The molecule has 0 bridgehead atoms. The molecule has 0 unspecified atom stereocenters. The van der Waals surface area contributed by atoms with Crippen LogP contribution in [-0.2, 0) is 17.7 Å². The summed E-state index contributed by atoms with van der Waals surface area (Å²) < 4.78 is 6.87. The first-order chi connectivity index (χ1) is 11.0. The zero-order chi connectivity index (χ0) is 16.6. The fourth-order valence-corrected chi connectivity index (χ4v) is 3.27. The number of carbonyl (C=O) groups is 2. The highest BCUT2D eigenvalue weighted by Gasteiger charge is 2.25. The van der Waals surface area contributed by atoms with Crippen LogP contribution in [0.25, 0.3) is 11.3 Å². The highest BCUT2D eigenvalue weighted by molar-refractivity contribution is 6.31. The first-order valence-corrected chi connectivity index (χ1v) is 7.74. The van der Waals surface area contributed by atoms with Gasteiger partial charge in [-0.05, 0) is 43.5 Å². The SMILES string of the molecule is COC(=O)c1cc(-c2cc(Cl)ccc2C(=O)O)n2c1CCCC2. The van der Waals surface area contributed by atoms with E-state index in [1.807, 2.05) is 4.57 Å². The molecule has 0 atom stereocenters.